The van der Waals surface area contributed by atoms with Crippen LogP contribution in [0.2, 0.25) is 0 Å². The summed E-state index contributed by atoms with van der Waals surface area (Å²) in [4.78, 5) is 57.4. The van der Waals surface area contributed by atoms with Gasteiger partial charge in [-0.05, 0) is 121 Å². The number of amides is 2. The van der Waals surface area contributed by atoms with Crippen molar-refractivity contribution < 1.29 is 34.1 Å². The first-order valence-corrected chi connectivity index (χ1v) is 18.2. The fourth-order valence-corrected chi connectivity index (χ4v) is 9.63. The van der Waals surface area contributed by atoms with Gasteiger partial charge >= 0.3 is 11.9 Å². The summed E-state index contributed by atoms with van der Waals surface area (Å²) >= 11 is 0. The lowest BCUT2D eigenvalue weighted by molar-refractivity contribution is -0.172. The summed E-state index contributed by atoms with van der Waals surface area (Å²) in [5, 5.41) is 28.8. The first-order chi connectivity index (χ1) is 22.8. The minimum absolute atomic E-state index is 0.0784. The molecule has 0 aliphatic carbocycles. The average molecular weight is 715 g/mol. The minimum atomic E-state index is -2.36. The van der Waals surface area contributed by atoms with Gasteiger partial charge in [0.05, 0.1) is 0 Å². The molecule has 11 heteroatoms. The molecule has 0 spiro atoms. The van der Waals surface area contributed by atoms with Crippen LogP contribution in [-0.2, 0) is 41.4 Å². The summed E-state index contributed by atoms with van der Waals surface area (Å²) < 4.78 is 5.98. The number of hydrogen-bond donors (Lipinski definition) is 4. The molecule has 1 aromatic rings. The minimum Gasteiger partial charge on any atom is -0.507 e. The Bertz CT molecular complexity index is 1400. The number of ether oxygens (including phenoxy) is 1. The van der Waals surface area contributed by atoms with Gasteiger partial charge in [0.1, 0.15) is 12.4 Å². The fourth-order valence-electron chi connectivity index (χ4n) is 9.63. The van der Waals surface area contributed by atoms with Crippen LogP contribution >= 0.6 is 0 Å². The lowest BCUT2D eigenvalue weighted by Gasteiger charge is -2.57. The highest BCUT2D eigenvalue weighted by Gasteiger charge is 2.57. The van der Waals surface area contributed by atoms with Crippen LogP contribution < -0.4 is 10.6 Å². The monoisotopic (exact) mass is 714 g/mol. The Hall–Kier alpha value is -3.18. The Morgan fingerprint density at radius 3 is 1.27 bits per heavy atom. The molecule has 2 heterocycles. The van der Waals surface area contributed by atoms with Crippen LogP contribution in [-0.4, -0.2) is 83.7 Å². The second-order valence-corrected chi connectivity index (χ2v) is 19.6. The zero-order valence-corrected chi connectivity index (χ0v) is 34.2. The van der Waals surface area contributed by atoms with E-state index in [2.05, 4.69) is 10.6 Å². The molecule has 0 atom stereocenters. The van der Waals surface area contributed by atoms with Gasteiger partial charge in [0.15, 0.2) is 0 Å². The SMILES string of the molecule is CC(=O)N1C(C)(C)CC(NC(NC2CC(C)(C)N(C(C)=O)C(C)(C)C2)(C(=O)O)C(=O)OCc2cc(C(C)(C)C)c(O)c(C(C)(C)C)c2)CC1(C)C. The third kappa shape index (κ3) is 8.73. The molecular weight excluding hydrogens is 648 g/mol. The summed E-state index contributed by atoms with van der Waals surface area (Å²) in [6.45, 7) is 30.4. The normalized spacial score (nSPS) is 20.9. The van der Waals surface area contributed by atoms with Gasteiger partial charge in [-0.1, -0.05) is 41.5 Å². The first kappa shape index (κ1) is 42.2. The third-order valence-corrected chi connectivity index (χ3v) is 10.7. The second kappa shape index (κ2) is 13.7. The van der Waals surface area contributed by atoms with Crippen LogP contribution in [0.5, 0.6) is 5.75 Å². The maximum absolute atomic E-state index is 14.5. The number of aliphatic carboxylic acids is 1. The fraction of sp³-hybridized carbons (Fsp3) is 0.750. The van der Waals surface area contributed by atoms with Crippen molar-refractivity contribution >= 4 is 23.8 Å². The number of benzene rings is 1. The van der Waals surface area contributed by atoms with Crippen molar-refractivity contribution in [3.63, 3.8) is 0 Å². The van der Waals surface area contributed by atoms with Crippen molar-refractivity contribution in [3.05, 3.63) is 28.8 Å². The summed E-state index contributed by atoms with van der Waals surface area (Å²) in [5.41, 5.74) is -3.74. The number of carbonyl (C=O) groups excluding carboxylic acids is 3. The molecule has 11 nitrogen and oxygen atoms in total. The number of nitrogens with one attached hydrogen (secondary N) is 2. The van der Waals surface area contributed by atoms with Crippen LogP contribution in [0.25, 0.3) is 0 Å². The van der Waals surface area contributed by atoms with Crippen LogP contribution in [0, 0.1) is 0 Å². The highest BCUT2D eigenvalue weighted by Crippen LogP contribution is 2.42. The number of carbonyl (C=O) groups is 4. The molecule has 2 aliphatic heterocycles. The number of carboxylic acid groups (broad SMARTS) is 1. The number of likely N-dealkylation sites (tertiary alicyclic amines) is 2. The largest absolute Gasteiger partial charge is 0.507 e. The number of phenolic OH excluding ortho intramolecular Hbond substituents is 1. The van der Waals surface area contributed by atoms with E-state index in [9.17, 15) is 29.4 Å². The molecule has 2 fully saturated rings. The zero-order chi connectivity index (χ0) is 39.5. The first-order valence-electron chi connectivity index (χ1n) is 18.2. The highest BCUT2D eigenvalue weighted by atomic mass is 16.5. The second-order valence-electron chi connectivity index (χ2n) is 19.6. The van der Waals surface area contributed by atoms with Crippen LogP contribution in [0.15, 0.2) is 12.1 Å². The molecular formula is C40H66N4O7. The van der Waals surface area contributed by atoms with Gasteiger partial charge in [-0.25, -0.2) is 9.59 Å². The number of hydrogen-bond acceptors (Lipinski definition) is 8. The van der Waals surface area contributed by atoms with E-state index in [0.29, 0.717) is 42.4 Å². The average Bonchev–Trinajstić information content (AvgIpc) is 2.86. The molecule has 1 aromatic carbocycles. The van der Waals surface area contributed by atoms with Crippen molar-refractivity contribution in [2.24, 2.45) is 0 Å². The smallest absolute Gasteiger partial charge is 0.353 e. The number of nitrogens with zero attached hydrogens (tertiary/aromatic N) is 2. The van der Waals surface area contributed by atoms with Gasteiger partial charge in [-0.3, -0.25) is 20.2 Å². The van der Waals surface area contributed by atoms with E-state index >= 15 is 0 Å². The molecule has 0 aromatic heterocycles. The lowest BCUT2D eigenvalue weighted by Crippen LogP contribution is -2.76. The van der Waals surface area contributed by atoms with Gasteiger partial charge in [-0.15, -0.1) is 0 Å². The summed E-state index contributed by atoms with van der Waals surface area (Å²) in [7, 11) is 0. The lowest BCUT2D eigenvalue weighted by atomic mass is 9.75. The van der Waals surface area contributed by atoms with Crippen molar-refractivity contribution in [2.45, 2.75) is 194 Å². The van der Waals surface area contributed by atoms with Gasteiger partial charge in [0.25, 0.3) is 5.66 Å². The van der Waals surface area contributed by atoms with E-state index in [1.165, 1.54) is 13.8 Å². The summed E-state index contributed by atoms with van der Waals surface area (Å²) in [6, 6.07) is 2.64. The van der Waals surface area contributed by atoms with E-state index in [4.69, 9.17) is 4.74 Å². The quantitative estimate of drug-likeness (QED) is 0.142. The number of phenols is 1. The summed E-state index contributed by atoms with van der Waals surface area (Å²) in [5.74, 6) is -2.39. The van der Waals surface area contributed by atoms with E-state index in [0.717, 1.165) is 0 Å². The molecule has 4 N–H and O–H groups in total. The molecule has 0 bridgehead atoms. The van der Waals surface area contributed by atoms with Gasteiger partial charge < -0.3 is 24.7 Å². The maximum Gasteiger partial charge on any atom is 0.353 e. The van der Waals surface area contributed by atoms with Gasteiger partial charge in [0, 0.05) is 48.1 Å². The molecule has 2 aliphatic rings. The predicted molar refractivity (Wildman–Crippen MR) is 199 cm³/mol. The Balaban J connectivity index is 2.12. The van der Waals surface area contributed by atoms with Crippen LogP contribution in [0.3, 0.4) is 0 Å². The number of piperidine rings is 2. The van der Waals surface area contributed by atoms with Crippen molar-refractivity contribution in [2.75, 3.05) is 0 Å². The number of rotatable bonds is 8. The molecule has 2 saturated heterocycles. The number of carboxylic acids is 1. The molecule has 51 heavy (non-hydrogen) atoms. The molecule has 0 unspecified atom stereocenters. The van der Waals surface area contributed by atoms with Gasteiger partial charge in [0.2, 0.25) is 11.8 Å². The van der Waals surface area contributed by atoms with Crippen molar-refractivity contribution in [3.8, 4) is 5.75 Å². The molecule has 3 rings (SSSR count). The van der Waals surface area contributed by atoms with Crippen LogP contribution in [0.1, 0.15) is 153 Å². The predicted octanol–water partition coefficient (Wildman–Crippen LogP) is 6.13. The maximum atomic E-state index is 14.5. The number of esters is 1. The van der Waals surface area contributed by atoms with E-state index in [1.807, 2.05) is 119 Å². The Kier molecular flexibility index (Phi) is 11.3. The third-order valence-electron chi connectivity index (χ3n) is 10.7. The van der Waals surface area contributed by atoms with E-state index in [-0.39, 0.29) is 24.2 Å². The molecule has 288 valence electrons. The number of aromatic hydroxyl groups is 1. The van der Waals surface area contributed by atoms with Crippen molar-refractivity contribution in [1.29, 1.82) is 0 Å². The molecule has 0 radical (unpaired) electrons. The Morgan fingerprint density at radius 1 is 0.706 bits per heavy atom. The summed E-state index contributed by atoms with van der Waals surface area (Å²) in [6.07, 6.45) is 1.56. The van der Waals surface area contributed by atoms with E-state index in [1.54, 1.807) is 0 Å². The topological polar surface area (TPSA) is 149 Å². The Morgan fingerprint density at radius 2 is 1.02 bits per heavy atom. The molecule has 2 amide bonds. The highest BCUT2D eigenvalue weighted by molar-refractivity contribution is 6.03. The standard InChI is InChI=1S/C40H66N4O7/c1-24(45)43-36(9,10)19-27(20-37(43,11)12)41-40(32(48)49,42-28-21-38(13,14)44(25(2)46)39(15,16)22-28)33(50)51-23-26-17-29(34(3,4)5)31(47)30(18-26)35(6,7)8/h17-18,27-28,41-42,47H,19-23H2,1-16H3,(H,48,49). The van der Waals surface area contributed by atoms with E-state index < -0.39 is 62.7 Å². The molecule has 0 saturated carbocycles. The van der Waals surface area contributed by atoms with Gasteiger partial charge in [-0.2, -0.15) is 0 Å². The van der Waals surface area contributed by atoms with Crippen molar-refractivity contribution in [1.82, 2.24) is 20.4 Å². The zero-order valence-electron chi connectivity index (χ0n) is 34.2. The Labute approximate surface area is 306 Å². The van der Waals surface area contributed by atoms with Crippen LogP contribution in [0.4, 0.5) is 0 Å².